The van der Waals surface area contributed by atoms with Crippen LogP contribution in [0.25, 0.3) is 10.9 Å². The maximum atomic E-state index is 12.3. The van der Waals surface area contributed by atoms with E-state index in [0.29, 0.717) is 12.0 Å². The Bertz CT molecular complexity index is 771. The lowest BCUT2D eigenvalue weighted by Crippen LogP contribution is -2.53. The minimum Gasteiger partial charge on any atom is -0.396 e. The highest BCUT2D eigenvalue weighted by Gasteiger charge is 2.26. The Morgan fingerprint density at radius 1 is 1.27 bits per heavy atom. The number of aromatic nitrogens is 1. The highest BCUT2D eigenvalue weighted by Crippen LogP contribution is 2.17. The number of nitrogens with zero attached hydrogens (tertiary/aromatic N) is 2. The van der Waals surface area contributed by atoms with Crippen molar-refractivity contribution in [1.29, 1.82) is 0 Å². The second-order valence-corrected chi connectivity index (χ2v) is 7.82. The fourth-order valence-electron chi connectivity index (χ4n) is 3.82. The number of rotatable bonds is 7. The van der Waals surface area contributed by atoms with Crippen LogP contribution in [0.5, 0.6) is 0 Å². The molecule has 2 heterocycles. The Hall–Kier alpha value is -1.69. The summed E-state index contributed by atoms with van der Waals surface area (Å²) < 4.78 is 0. The molecule has 2 N–H and O–H groups in total. The Balaban J connectivity index is 1.68. The molecule has 0 saturated carbocycles. The lowest BCUT2D eigenvalue weighted by Gasteiger charge is -2.41. The number of hydrogen-bond acceptors (Lipinski definition) is 4. The van der Waals surface area contributed by atoms with Crippen molar-refractivity contribution in [3.8, 4) is 0 Å². The molecule has 0 bridgehead atoms. The zero-order chi connectivity index (χ0) is 18.5. The van der Waals surface area contributed by atoms with Gasteiger partial charge in [-0.15, -0.1) is 0 Å². The summed E-state index contributed by atoms with van der Waals surface area (Å²) in [5.41, 5.74) is 1.95. The first-order valence-corrected chi connectivity index (χ1v) is 9.75. The van der Waals surface area contributed by atoms with Crippen LogP contribution in [0.1, 0.15) is 32.4 Å². The number of benzene rings is 1. The molecule has 3 rings (SSSR count). The quantitative estimate of drug-likeness (QED) is 0.799. The van der Waals surface area contributed by atoms with Crippen LogP contribution in [0.2, 0.25) is 0 Å². The van der Waals surface area contributed by atoms with E-state index < -0.39 is 0 Å². The van der Waals surface area contributed by atoms with Crippen LogP contribution < -0.4 is 5.43 Å². The van der Waals surface area contributed by atoms with Crippen molar-refractivity contribution < 1.29 is 5.11 Å². The third-order valence-corrected chi connectivity index (χ3v) is 5.33. The lowest BCUT2D eigenvalue weighted by atomic mass is 10.1. The van der Waals surface area contributed by atoms with Crippen molar-refractivity contribution in [1.82, 2.24) is 14.8 Å². The Morgan fingerprint density at radius 2 is 2.08 bits per heavy atom. The molecular weight excluding hydrogens is 326 g/mol. The first-order chi connectivity index (χ1) is 12.6. The number of aliphatic hydroxyl groups excluding tert-OH is 1. The highest BCUT2D eigenvalue weighted by atomic mass is 16.3. The molecule has 1 aliphatic heterocycles. The number of para-hydroxylation sites is 1. The maximum absolute atomic E-state index is 12.3. The van der Waals surface area contributed by atoms with Gasteiger partial charge in [0.15, 0.2) is 5.43 Å². The van der Waals surface area contributed by atoms with Gasteiger partial charge in [-0.25, -0.2) is 0 Å². The summed E-state index contributed by atoms with van der Waals surface area (Å²) in [6, 6.07) is 9.79. The van der Waals surface area contributed by atoms with Crippen LogP contribution in [0.4, 0.5) is 0 Å². The van der Waals surface area contributed by atoms with E-state index in [0.717, 1.165) is 55.7 Å². The van der Waals surface area contributed by atoms with E-state index in [4.69, 9.17) is 0 Å². The number of aliphatic hydroxyl groups is 1. The van der Waals surface area contributed by atoms with Gasteiger partial charge in [0.25, 0.3) is 0 Å². The standard InChI is InChI=1S/C21H31N3O2/c1-16(2)7-9-24-11-10-23(15-18(24)8-12-25)14-17-13-21(26)19-5-3-4-6-20(19)22-17/h3-6,13,16,18,25H,7-12,14-15H2,1-2H3,(H,22,26)/t18-/m0/s1. The molecule has 1 fully saturated rings. The Kier molecular flexibility index (Phi) is 6.46. The molecule has 2 aromatic rings. The van der Waals surface area contributed by atoms with Crippen LogP contribution in [0, 0.1) is 5.92 Å². The highest BCUT2D eigenvalue weighted by molar-refractivity contribution is 5.78. The largest absolute Gasteiger partial charge is 0.396 e. The zero-order valence-corrected chi connectivity index (χ0v) is 15.9. The van der Waals surface area contributed by atoms with Crippen LogP contribution in [-0.2, 0) is 6.54 Å². The van der Waals surface area contributed by atoms with E-state index in [-0.39, 0.29) is 12.0 Å². The van der Waals surface area contributed by atoms with Crippen molar-refractivity contribution in [2.75, 3.05) is 32.8 Å². The summed E-state index contributed by atoms with van der Waals surface area (Å²) in [6.07, 6.45) is 2.00. The number of piperazine rings is 1. The van der Waals surface area contributed by atoms with Gasteiger partial charge < -0.3 is 10.1 Å². The van der Waals surface area contributed by atoms with Crippen LogP contribution in [-0.4, -0.2) is 58.7 Å². The number of nitrogens with one attached hydrogen (secondary N) is 1. The third kappa shape index (κ3) is 4.72. The summed E-state index contributed by atoms with van der Waals surface area (Å²) >= 11 is 0. The van der Waals surface area contributed by atoms with Crippen LogP contribution in [0.3, 0.4) is 0 Å². The van der Waals surface area contributed by atoms with E-state index in [1.54, 1.807) is 6.07 Å². The Morgan fingerprint density at radius 3 is 2.85 bits per heavy atom. The predicted octanol–water partition coefficient (Wildman–Crippen LogP) is 2.44. The fourth-order valence-corrected chi connectivity index (χ4v) is 3.82. The molecule has 1 aromatic heterocycles. The molecule has 1 aromatic carbocycles. The third-order valence-electron chi connectivity index (χ3n) is 5.33. The molecule has 1 saturated heterocycles. The minimum atomic E-state index is 0.0804. The zero-order valence-electron chi connectivity index (χ0n) is 15.9. The molecule has 0 unspecified atom stereocenters. The van der Waals surface area contributed by atoms with E-state index >= 15 is 0 Å². The van der Waals surface area contributed by atoms with Crippen molar-refractivity contribution in [2.45, 2.75) is 39.3 Å². The van der Waals surface area contributed by atoms with Gasteiger partial charge in [0, 0.05) is 61.5 Å². The maximum Gasteiger partial charge on any atom is 0.189 e. The van der Waals surface area contributed by atoms with Gasteiger partial charge in [-0.2, -0.15) is 0 Å². The van der Waals surface area contributed by atoms with E-state index in [2.05, 4.69) is 28.6 Å². The summed E-state index contributed by atoms with van der Waals surface area (Å²) in [6.45, 7) is 9.55. The molecule has 5 nitrogen and oxygen atoms in total. The number of pyridine rings is 1. The second kappa shape index (κ2) is 8.80. The monoisotopic (exact) mass is 357 g/mol. The fraction of sp³-hybridized carbons (Fsp3) is 0.571. The van der Waals surface area contributed by atoms with Gasteiger partial charge in [-0.1, -0.05) is 26.0 Å². The molecule has 1 atom stereocenters. The molecule has 1 aliphatic rings. The molecule has 0 amide bonds. The lowest BCUT2D eigenvalue weighted by molar-refractivity contribution is 0.0518. The first-order valence-electron chi connectivity index (χ1n) is 9.75. The number of H-pyrrole nitrogens is 1. The average molecular weight is 357 g/mol. The van der Waals surface area contributed by atoms with Crippen molar-refractivity contribution in [3.05, 3.63) is 46.2 Å². The molecule has 5 heteroatoms. The van der Waals surface area contributed by atoms with Gasteiger partial charge in [0.2, 0.25) is 0 Å². The van der Waals surface area contributed by atoms with Gasteiger partial charge in [-0.3, -0.25) is 14.6 Å². The SMILES string of the molecule is CC(C)CCN1CCN(Cc2cc(=O)c3ccccc3[nH]2)C[C@@H]1CCO. The summed E-state index contributed by atoms with van der Waals surface area (Å²) in [5, 5.41) is 10.2. The molecule has 0 aliphatic carbocycles. The van der Waals surface area contributed by atoms with Crippen molar-refractivity contribution in [3.63, 3.8) is 0 Å². The van der Waals surface area contributed by atoms with Crippen LogP contribution in [0.15, 0.2) is 35.1 Å². The summed E-state index contributed by atoms with van der Waals surface area (Å²) in [7, 11) is 0. The number of aromatic amines is 1. The minimum absolute atomic E-state index is 0.0804. The Labute approximate surface area is 155 Å². The molecule has 0 radical (unpaired) electrons. The molecule has 26 heavy (non-hydrogen) atoms. The van der Waals surface area contributed by atoms with E-state index in [9.17, 15) is 9.90 Å². The summed E-state index contributed by atoms with van der Waals surface area (Å²) in [4.78, 5) is 20.7. The summed E-state index contributed by atoms with van der Waals surface area (Å²) in [5.74, 6) is 0.700. The number of hydrogen-bond donors (Lipinski definition) is 2. The van der Waals surface area contributed by atoms with Gasteiger partial charge in [-0.05, 0) is 37.4 Å². The molecule has 142 valence electrons. The topological polar surface area (TPSA) is 59.6 Å². The van der Waals surface area contributed by atoms with Crippen molar-refractivity contribution >= 4 is 10.9 Å². The molecular formula is C21H31N3O2. The van der Waals surface area contributed by atoms with Crippen molar-refractivity contribution in [2.24, 2.45) is 5.92 Å². The first kappa shape index (κ1) is 19.1. The molecule has 0 spiro atoms. The smallest absolute Gasteiger partial charge is 0.189 e. The average Bonchev–Trinajstić information content (AvgIpc) is 2.61. The second-order valence-electron chi connectivity index (χ2n) is 7.82. The predicted molar refractivity (Wildman–Crippen MR) is 106 cm³/mol. The van der Waals surface area contributed by atoms with Gasteiger partial charge in [0.1, 0.15) is 0 Å². The van der Waals surface area contributed by atoms with E-state index in [1.165, 1.54) is 6.42 Å². The van der Waals surface area contributed by atoms with Gasteiger partial charge >= 0.3 is 0 Å². The number of fused-ring (bicyclic) bond motifs is 1. The van der Waals surface area contributed by atoms with Gasteiger partial charge in [0.05, 0.1) is 0 Å². The van der Waals surface area contributed by atoms with Crippen LogP contribution >= 0.6 is 0 Å². The van der Waals surface area contributed by atoms with E-state index in [1.807, 2.05) is 24.3 Å². The normalized spacial score (nSPS) is 19.5.